The molecule has 3 N–H and O–H groups in total. The van der Waals surface area contributed by atoms with E-state index >= 15 is 0 Å². The van der Waals surface area contributed by atoms with Crippen LogP contribution in [-0.4, -0.2) is 4.98 Å². The number of benzene rings is 1. The van der Waals surface area contributed by atoms with Gasteiger partial charge in [0, 0.05) is 17.0 Å². The average Bonchev–Trinajstić information content (AvgIpc) is 2.37. The molecule has 19 heavy (non-hydrogen) atoms. The van der Waals surface area contributed by atoms with Gasteiger partial charge in [0.25, 0.3) is 0 Å². The number of nitrogens with zero attached hydrogens (tertiary/aromatic N) is 1. The van der Waals surface area contributed by atoms with Crippen LogP contribution in [-0.2, 0) is 0 Å². The minimum atomic E-state index is -0.898. The van der Waals surface area contributed by atoms with Crippen LogP contribution in [0.5, 0.6) is 0 Å². The molecule has 0 aliphatic carbocycles. The van der Waals surface area contributed by atoms with E-state index in [2.05, 4.69) is 10.4 Å². The molecule has 0 spiro atoms. The smallest absolute Gasteiger partial charge is 0.163 e. The number of hydrazine groups is 1. The minimum Gasteiger partial charge on any atom is -0.271 e. The number of nitrogens with one attached hydrogen (secondary N) is 1. The Balaban J connectivity index is 2.53. The summed E-state index contributed by atoms with van der Waals surface area (Å²) in [6.07, 6.45) is 0. The van der Waals surface area contributed by atoms with E-state index in [1.165, 1.54) is 12.1 Å². The highest BCUT2D eigenvalue weighted by Gasteiger charge is 2.20. The zero-order chi connectivity index (χ0) is 14.0. The van der Waals surface area contributed by atoms with Crippen molar-refractivity contribution in [1.82, 2.24) is 10.4 Å². The molecule has 3 nitrogen and oxygen atoms in total. The molecule has 0 saturated heterocycles. The zero-order valence-electron chi connectivity index (χ0n) is 10.7. The summed E-state index contributed by atoms with van der Waals surface area (Å²) >= 11 is 0. The molecule has 0 fully saturated rings. The summed E-state index contributed by atoms with van der Waals surface area (Å²) in [5, 5.41) is 0. The van der Waals surface area contributed by atoms with E-state index in [4.69, 9.17) is 5.84 Å². The fourth-order valence-corrected chi connectivity index (χ4v) is 2.09. The molecule has 0 radical (unpaired) electrons. The molecule has 0 aliphatic heterocycles. The van der Waals surface area contributed by atoms with Crippen LogP contribution < -0.4 is 11.3 Å². The summed E-state index contributed by atoms with van der Waals surface area (Å²) in [6.45, 7) is 3.67. The Morgan fingerprint density at radius 1 is 1.11 bits per heavy atom. The Labute approximate surface area is 110 Å². The predicted molar refractivity (Wildman–Crippen MR) is 69.2 cm³/mol. The van der Waals surface area contributed by atoms with Gasteiger partial charge in [0.1, 0.15) is 0 Å². The van der Waals surface area contributed by atoms with Crippen LogP contribution in [0.2, 0.25) is 0 Å². The first-order valence-corrected chi connectivity index (χ1v) is 5.88. The largest absolute Gasteiger partial charge is 0.271 e. The number of nitrogens with two attached hydrogens (primary N) is 1. The van der Waals surface area contributed by atoms with Crippen LogP contribution in [0.25, 0.3) is 0 Å². The molecule has 1 unspecified atom stereocenters. The number of aromatic nitrogens is 1. The van der Waals surface area contributed by atoms with Crippen LogP contribution in [0, 0.1) is 25.5 Å². The van der Waals surface area contributed by atoms with Gasteiger partial charge in [-0.25, -0.2) is 14.2 Å². The van der Waals surface area contributed by atoms with Gasteiger partial charge in [-0.15, -0.1) is 0 Å². The summed E-state index contributed by atoms with van der Waals surface area (Å²) in [6, 6.07) is 7.02. The van der Waals surface area contributed by atoms with Crippen LogP contribution in [0.3, 0.4) is 0 Å². The zero-order valence-corrected chi connectivity index (χ0v) is 10.7. The fraction of sp³-hybridized carbons (Fsp3) is 0.214. The molecule has 0 aliphatic rings. The van der Waals surface area contributed by atoms with Gasteiger partial charge >= 0.3 is 0 Å². The van der Waals surface area contributed by atoms with Crippen molar-refractivity contribution in [3.63, 3.8) is 0 Å². The molecule has 1 aromatic heterocycles. The molecule has 5 heteroatoms. The third kappa shape index (κ3) is 2.62. The van der Waals surface area contributed by atoms with E-state index in [9.17, 15) is 8.78 Å². The number of hydrogen-bond donors (Lipinski definition) is 2. The van der Waals surface area contributed by atoms with Crippen molar-refractivity contribution in [2.45, 2.75) is 19.9 Å². The number of hydrogen-bond acceptors (Lipinski definition) is 3. The third-order valence-corrected chi connectivity index (χ3v) is 3.04. The van der Waals surface area contributed by atoms with E-state index in [0.29, 0.717) is 0 Å². The molecular weight excluding hydrogens is 248 g/mol. The van der Waals surface area contributed by atoms with Crippen molar-refractivity contribution in [3.8, 4) is 0 Å². The summed E-state index contributed by atoms with van der Waals surface area (Å²) < 4.78 is 27.1. The number of halogens is 2. The second-order valence-corrected chi connectivity index (χ2v) is 4.37. The second kappa shape index (κ2) is 5.42. The lowest BCUT2D eigenvalue weighted by Crippen LogP contribution is -2.30. The third-order valence-electron chi connectivity index (χ3n) is 3.04. The molecule has 1 atom stereocenters. The van der Waals surface area contributed by atoms with Crippen LogP contribution in [0.1, 0.15) is 28.6 Å². The molecule has 0 bridgehead atoms. The first-order chi connectivity index (χ1) is 9.04. The summed E-state index contributed by atoms with van der Waals surface area (Å²) in [5.74, 6) is 3.70. The quantitative estimate of drug-likeness (QED) is 0.661. The molecule has 1 heterocycles. The monoisotopic (exact) mass is 263 g/mol. The Bertz CT molecular complexity index is 599. The first-order valence-electron chi connectivity index (χ1n) is 5.88. The Morgan fingerprint density at radius 2 is 1.84 bits per heavy atom. The molecule has 2 aromatic rings. The van der Waals surface area contributed by atoms with Gasteiger partial charge < -0.3 is 0 Å². The Kier molecular flexibility index (Phi) is 3.87. The van der Waals surface area contributed by atoms with E-state index < -0.39 is 17.7 Å². The van der Waals surface area contributed by atoms with Gasteiger partial charge in [0.15, 0.2) is 11.6 Å². The predicted octanol–water partition coefficient (Wildman–Crippen LogP) is 2.53. The lowest BCUT2D eigenvalue weighted by molar-refractivity contribution is 0.482. The van der Waals surface area contributed by atoms with Crippen molar-refractivity contribution in [2.75, 3.05) is 0 Å². The van der Waals surface area contributed by atoms with Gasteiger partial charge in [0.2, 0.25) is 0 Å². The normalized spacial score (nSPS) is 12.5. The average molecular weight is 263 g/mol. The maximum Gasteiger partial charge on any atom is 0.163 e. The Hall–Kier alpha value is -1.85. The molecule has 0 saturated carbocycles. The van der Waals surface area contributed by atoms with Gasteiger partial charge in [0.05, 0.1) is 6.04 Å². The summed E-state index contributed by atoms with van der Waals surface area (Å²) in [5.41, 5.74) is 4.99. The van der Waals surface area contributed by atoms with Gasteiger partial charge in [-0.1, -0.05) is 18.2 Å². The van der Waals surface area contributed by atoms with Crippen LogP contribution >= 0.6 is 0 Å². The fourth-order valence-electron chi connectivity index (χ4n) is 2.09. The van der Waals surface area contributed by atoms with Crippen molar-refractivity contribution in [1.29, 1.82) is 0 Å². The number of pyridine rings is 1. The molecule has 2 rings (SSSR count). The summed E-state index contributed by atoms with van der Waals surface area (Å²) in [4.78, 5) is 4.31. The highest BCUT2D eigenvalue weighted by atomic mass is 19.2. The molecule has 0 amide bonds. The minimum absolute atomic E-state index is 0.163. The van der Waals surface area contributed by atoms with E-state index in [1.54, 1.807) is 0 Å². The maximum atomic E-state index is 13.8. The first kappa shape index (κ1) is 13.6. The second-order valence-electron chi connectivity index (χ2n) is 4.37. The van der Waals surface area contributed by atoms with E-state index in [1.807, 2.05) is 26.0 Å². The van der Waals surface area contributed by atoms with Gasteiger partial charge in [-0.05, 0) is 31.5 Å². The lowest BCUT2D eigenvalue weighted by atomic mass is 9.97. The topological polar surface area (TPSA) is 50.9 Å². The summed E-state index contributed by atoms with van der Waals surface area (Å²) in [7, 11) is 0. The Morgan fingerprint density at radius 3 is 2.47 bits per heavy atom. The number of rotatable bonds is 3. The number of aryl methyl sites for hydroxylation is 2. The lowest BCUT2D eigenvalue weighted by Gasteiger charge is -2.19. The van der Waals surface area contributed by atoms with E-state index in [-0.39, 0.29) is 5.56 Å². The van der Waals surface area contributed by atoms with Crippen molar-refractivity contribution in [2.24, 2.45) is 5.84 Å². The van der Waals surface area contributed by atoms with Crippen molar-refractivity contribution >= 4 is 0 Å². The molecule has 1 aromatic carbocycles. The molecular formula is C14H15F2N3. The molecule has 100 valence electrons. The van der Waals surface area contributed by atoms with Crippen molar-refractivity contribution in [3.05, 3.63) is 64.5 Å². The standard InChI is InChI=1S/C14H15F2N3/c1-8-6-7-10(9(2)18-8)14(19-17)11-4-3-5-12(15)13(11)16/h3-7,14,19H,17H2,1-2H3. The van der Waals surface area contributed by atoms with Gasteiger partial charge in [-0.3, -0.25) is 10.8 Å². The van der Waals surface area contributed by atoms with Gasteiger partial charge in [-0.2, -0.15) is 0 Å². The van der Waals surface area contributed by atoms with Crippen LogP contribution in [0.4, 0.5) is 8.78 Å². The van der Waals surface area contributed by atoms with E-state index in [0.717, 1.165) is 23.0 Å². The highest BCUT2D eigenvalue weighted by Crippen LogP contribution is 2.26. The highest BCUT2D eigenvalue weighted by molar-refractivity contribution is 5.35. The van der Waals surface area contributed by atoms with Crippen LogP contribution in [0.15, 0.2) is 30.3 Å². The SMILES string of the molecule is Cc1ccc(C(NN)c2cccc(F)c2F)c(C)n1. The van der Waals surface area contributed by atoms with Crippen molar-refractivity contribution < 1.29 is 8.78 Å². The maximum absolute atomic E-state index is 13.8.